The number of hydrogen-bond acceptors (Lipinski definition) is 5. The Hall–Kier alpha value is -1.99. The minimum Gasteiger partial charge on any atom is -0.304 e. The van der Waals surface area contributed by atoms with E-state index in [1.165, 1.54) is 11.3 Å². The highest BCUT2D eigenvalue weighted by molar-refractivity contribution is 7.14. The third-order valence-electron chi connectivity index (χ3n) is 2.46. The summed E-state index contributed by atoms with van der Waals surface area (Å²) >= 11 is 3.07. The first-order valence-electron chi connectivity index (χ1n) is 5.51. The summed E-state index contributed by atoms with van der Waals surface area (Å²) in [5, 5.41) is 13.4. The molecule has 0 saturated heterocycles. The van der Waals surface area contributed by atoms with E-state index in [0.717, 1.165) is 10.6 Å². The number of rotatable bonds is 3. The van der Waals surface area contributed by atoms with Gasteiger partial charge in [0.2, 0.25) is 0 Å². The van der Waals surface area contributed by atoms with E-state index in [2.05, 4.69) is 15.4 Å². The quantitative estimate of drug-likeness (QED) is 0.807. The monoisotopic (exact) mass is 290 g/mol. The lowest BCUT2D eigenvalue weighted by Crippen LogP contribution is -2.12. The van der Waals surface area contributed by atoms with Gasteiger partial charge in [-0.2, -0.15) is 16.4 Å². The van der Waals surface area contributed by atoms with E-state index >= 15 is 0 Å². The van der Waals surface area contributed by atoms with Crippen molar-refractivity contribution >= 4 is 34.4 Å². The number of aromatic nitrogens is 3. The Morgan fingerprint density at radius 1 is 1.37 bits per heavy atom. The van der Waals surface area contributed by atoms with Crippen LogP contribution in [0.5, 0.6) is 0 Å². The first-order chi connectivity index (χ1) is 9.22. The summed E-state index contributed by atoms with van der Waals surface area (Å²) in [5.74, 6) is 0.286. The molecule has 0 aliphatic carbocycles. The molecule has 3 aromatic rings. The topological polar surface area (TPSA) is 59.8 Å². The van der Waals surface area contributed by atoms with Crippen molar-refractivity contribution in [3.8, 4) is 10.6 Å². The molecule has 3 heterocycles. The van der Waals surface area contributed by atoms with Crippen molar-refractivity contribution in [2.45, 2.75) is 0 Å². The van der Waals surface area contributed by atoms with Gasteiger partial charge in [0.05, 0.1) is 0 Å². The minimum absolute atomic E-state index is 0.239. The zero-order chi connectivity index (χ0) is 13.2. The molecule has 0 fully saturated rings. The highest BCUT2D eigenvalue weighted by atomic mass is 32.1. The van der Waals surface area contributed by atoms with Crippen molar-refractivity contribution in [3.05, 3.63) is 40.2 Å². The largest absolute Gasteiger partial charge is 0.304 e. The van der Waals surface area contributed by atoms with Gasteiger partial charge in [-0.25, -0.2) is 4.98 Å². The number of nitrogens with one attached hydrogen (secondary N) is 1. The molecule has 0 bridgehead atoms. The molecule has 3 rings (SSSR count). The van der Waals surface area contributed by atoms with Crippen molar-refractivity contribution in [1.29, 1.82) is 0 Å². The van der Waals surface area contributed by atoms with E-state index < -0.39 is 0 Å². The third-order valence-corrected chi connectivity index (χ3v) is 4.03. The van der Waals surface area contributed by atoms with Crippen LogP contribution in [0.2, 0.25) is 0 Å². The predicted molar refractivity (Wildman–Crippen MR) is 76.6 cm³/mol. The maximum absolute atomic E-state index is 12.0. The van der Waals surface area contributed by atoms with Crippen LogP contribution < -0.4 is 5.32 Å². The second-order valence-electron chi connectivity index (χ2n) is 3.88. The zero-order valence-corrected chi connectivity index (χ0v) is 11.7. The van der Waals surface area contributed by atoms with Gasteiger partial charge >= 0.3 is 0 Å². The van der Waals surface area contributed by atoms with Gasteiger partial charge in [0.25, 0.3) is 5.91 Å². The second kappa shape index (κ2) is 4.94. The molecular weight excluding hydrogens is 280 g/mol. The molecule has 0 saturated carbocycles. The van der Waals surface area contributed by atoms with Crippen LogP contribution in [0.1, 0.15) is 10.5 Å². The molecule has 1 N–H and O–H groups in total. The molecule has 0 aromatic carbocycles. The molecule has 1 amide bonds. The molecular formula is C12H10N4OS2. The molecule has 0 radical (unpaired) electrons. The average molecular weight is 290 g/mol. The normalized spacial score (nSPS) is 10.6. The molecule has 0 aliphatic heterocycles. The summed E-state index contributed by atoms with van der Waals surface area (Å²) in [6.07, 6.45) is 1.77. The van der Waals surface area contributed by atoms with Gasteiger partial charge in [-0.15, -0.1) is 11.3 Å². The van der Waals surface area contributed by atoms with Crippen LogP contribution in [-0.2, 0) is 7.05 Å². The van der Waals surface area contributed by atoms with Crippen LogP contribution in [0.25, 0.3) is 10.6 Å². The van der Waals surface area contributed by atoms with Crippen LogP contribution in [0.4, 0.5) is 5.82 Å². The number of anilines is 1. The van der Waals surface area contributed by atoms with Crippen molar-refractivity contribution in [3.63, 3.8) is 0 Å². The lowest BCUT2D eigenvalue weighted by Gasteiger charge is -1.97. The van der Waals surface area contributed by atoms with Gasteiger partial charge < -0.3 is 5.32 Å². The fourth-order valence-corrected chi connectivity index (χ4v) is 3.07. The van der Waals surface area contributed by atoms with Gasteiger partial charge in [-0.05, 0) is 11.4 Å². The molecule has 0 atom stereocenters. The SMILES string of the molecule is Cn1ccc(NC(=O)c2csc(-c3ccsc3)n2)n1. The van der Waals surface area contributed by atoms with Crippen molar-refractivity contribution in [2.75, 3.05) is 5.32 Å². The average Bonchev–Trinajstić information content (AvgIpc) is 3.08. The van der Waals surface area contributed by atoms with Crippen LogP contribution in [0.15, 0.2) is 34.5 Å². The number of thiazole rings is 1. The maximum Gasteiger partial charge on any atom is 0.276 e. The number of hydrogen-bond donors (Lipinski definition) is 1. The van der Waals surface area contributed by atoms with Gasteiger partial charge in [-0.3, -0.25) is 9.48 Å². The number of aryl methyl sites for hydroxylation is 1. The lowest BCUT2D eigenvalue weighted by molar-refractivity contribution is 0.102. The highest BCUT2D eigenvalue weighted by Gasteiger charge is 2.13. The van der Waals surface area contributed by atoms with E-state index in [0.29, 0.717) is 11.5 Å². The van der Waals surface area contributed by atoms with Gasteiger partial charge in [-0.1, -0.05) is 0 Å². The predicted octanol–water partition coefficient (Wildman–Crippen LogP) is 2.86. The molecule has 7 heteroatoms. The first kappa shape index (κ1) is 12.1. The van der Waals surface area contributed by atoms with E-state index in [1.807, 2.05) is 16.8 Å². The summed E-state index contributed by atoms with van der Waals surface area (Å²) in [5.41, 5.74) is 1.46. The molecule has 19 heavy (non-hydrogen) atoms. The minimum atomic E-state index is -0.239. The Kier molecular flexibility index (Phi) is 3.14. The zero-order valence-electron chi connectivity index (χ0n) is 10.0. The fourth-order valence-electron chi connectivity index (χ4n) is 1.56. The number of carbonyl (C=O) groups excluding carboxylic acids is 1. The summed E-state index contributed by atoms with van der Waals surface area (Å²) in [6.45, 7) is 0. The molecule has 0 aliphatic rings. The summed E-state index contributed by atoms with van der Waals surface area (Å²) < 4.78 is 1.63. The Morgan fingerprint density at radius 2 is 2.26 bits per heavy atom. The number of carbonyl (C=O) groups is 1. The molecule has 96 valence electrons. The van der Waals surface area contributed by atoms with Crippen LogP contribution in [0.3, 0.4) is 0 Å². The Bertz CT molecular complexity index is 699. The van der Waals surface area contributed by atoms with Crippen molar-refractivity contribution in [1.82, 2.24) is 14.8 Å². The van der Waals surface area contributed by atoms with Crippen molar-refractivity contribution < 1.29 is 4.79 Å². The summed E-state index contributed by atoms with van der Waals surface area (Å²) in [6, 6.07) is 3.73. The summed E-state index contributed by atoms with van der Waals surface area (Å²) in [4.78, 5) is 16.3. The molecule has 5 nitrogen and oxygen atoms in total. The van der Waals surface area contributed by atoms with Gasteiger partial charge in [0.15, 0.2) is 5.82 Å². The van der Waals surface area contributed by atoms with Crippen LogP contribution in [0, 0.1) is 0 Å². The van der Waals surface area contributed by atoms with E-state index in [-0.39, 0.29) is 5.91 Å². The summed E-state index contributed by atoms with van der Waals surface area (Å²) in [7, 11) is 1.80. The second-order valence-corrected chi connectivity index (χ2v) is 5.52. The fraction of sp³-hybridized carbons (Fsp3) is 0.0833. The standard InChI is InChI=1S/C12H10N4OS2/c1-16-4-2-10(15-16)14-11(17)9-7-19-12(13-9)8-3-5-18-6-8/h2-7H,1H3,(H,14,15,17). The third kappa shape index (κ3) is 2.56. The lowest BCUT2D eigenvalue weighted by atomic mass is 10.3. The van der Waals surface area contributed by atoms with E-state index in [4.69, 9.17) is 0 Å². The van der Waals surface area contributed by atoms with Crippen molar-refractivity contribution in [2.24, 2.45) is 7.05 Å². The first-order valence-corrected chi connectivity index (χ1v) is 7.34. The van der Waals surface area contributed by atoms with Gasteiger partial charge in [0.1, 0.15) is 10.7 Å². The van der Waals surface area contributed by atoms with Crippen LogP contribution >= 0.6 is 22.7 Å². The number of nitrogens with zero attached hydrogens (tertiary/aromatic N) is 3. The highest BCUT2D eigenvalue weighted by Crippen LogP contribution is 2.25. The molecule has 0 unspecified atom stereocenters. The maximum atomic E-state index is 12.0. The molecule has 0 spiro atoms. The Balaban J connectivity index is 1.77. The number of amides is 1. The number of thiophene rings is 1. The van der Waals surface area contributed by atoms with E-state index in [1.54, 1.807) is 40.7 Å². The van der Waals surface area contributed by atoms with E-state index in [9.17, 15) is 4.79 Å². The van der Waals surface area contributed by atoms with Crippen LogP contribution in [-0.4, -0.2) is 20.7 Å². The smallest absolute Gasteiger partial charge is 0.276 e. The van der Waals surface area contributed by atoms with Gasteiger partial charge in [0, 0.05) is 35.6 Å². The Morgan fingerprint density at radius 3 is 2.95 bits per heavy atom. The molecule has 3 aromatic heterocycles. The Labute approximate surface area is 117 Å².